The van der Waals surface area contributed by atoms with Gasteiger partial charge in [-0.25, -0.2) is 0 Å². The number of thioether (sulfide) groups is 1. The molecule has 0 radical (unpaired) electrons. The van der Waals surface area contributed by atoms with Gasteiger partial charge in [0.2, 0.25) is 5.91 Å². The summed E-state index contributed by atoms with van der Waals surface area (Å²) in [6.45, 7) is 9.92. The lowest BCUT2D eigenvalue weighted by molar-refractivity contribution is -0.155. The first-order valence-electron chi connectivity index (χ1n) is 13.6. The Morgan fingerprint density at radius 2 is 1.95 bits per heavy atom. The first kappa shape index (κ1) is 27.5. The van der Waals surface area contributed by atoms with Gasteiger partial charge in [-0.1, -0.05) is 42.5 Å². The second-order valence-electron chi connectivity index (χ2n) is 10.9. The zero-order chi connectivity index (χ0) is 27.8. The van der Waals surface area contributed by atoms with Gasteiger partial charge in [0, 0.05) is 23.5 Å². The summed E-state index contributed by atoms with van der Waals surface area (Å²) in [4.78, 5) is 45.1. The van der Waals surface area contributed by atoms with Crippen LogP contribution < -0.4 is 4.90 Å². The number of carbonyl (C=O) groups is 3. The number of esters is 1. The number of carbonyl (C=O) groups excluding carboxylic acids is 3. The standard InChI is InChI=1S/C31H36N2O5S/c1-4-6-9-19-38-29(37)25-24-27(35)33(17-18-34)26(31(24)15-14-30(25,3)39-31)28(36)32(16-5-2)23-13-12-21-10-7-8-11-22(21)20-23/h4-5,7-8,10-13,20,24-26,34H,1-2,6,9,14-19H2,3H3/t24-,25-,26?,30+,31?/m0/s1. The molecular weight excluding hydrogens is 512 g/mol. The summed E-state index contributed by atoms with van der Waals surface area (Å²) in [7, 11) is 0. The SMILES string of the molecule is C=CCCCOC(=O)[C@@H]1[C@H]2C(=O)N(CCO)C(C(=O)N(CC=C)c3ccc4ccccc4c3)C23CC[C@@]1(C)S3. The van der Waals surface area contributed by atoms with E-state index >= 15 is 0 Å². The molecule has 2 aromatic rings. The van der Waals surface area contributed by atoms with E-state index in [0.29, 0.717) is 19.3 Å². The quantitative estimate of drug-likeness (QED) is 0.255. The number of rotatable bonds is 11. The third-order valence-corrected chi connectivity index (χ3v) is 10.5. The molecule has 2 aromatic carbocycles. The van der Waals surface area contributed by atoms with Gasteiger partial charge in [0.25, 0.3) is 5.91 Å². The van der Waals surface area contributed by atoms with Gasteiger partial charge in [-0.3, -0.25) is 14.4 Å². The van der Waals surface area contributed by atoms with Gasteiger partial charge in [0.05, 0.1) is 29.8 Å². The molecule has 3 saturated heterocycles. The number of fused-ring (bicyclic) bond motifs is 2. The van der Waals surface area contributed by atoms with Crippen molar-refractivity contribution in [3.63, 3.8) is 0 Å². The molecule has 8 heteroatoms. The number of likely N-dealkylation sites (tertiary alicyclic amines) is 1. The molecule has 0 saturated carbocycles. The Morgan fingerprint density at radius 1 is 1.18 bits per heavy atom. The Balaban J connectivity index is 1.52. The Morgan fingerprint density at radius 3 is 2.67 bits per heavy atom. The Kier molecular flexibility index (Phi) is 7.62. The molecule has 2 unspecified atom stereocenters. The number of ether oxygens (including phenoxy) is 1. The van der Waals surface area contributed by atoms with Crippen molar-refractivity contribution in [2.24, 2.45) is 11.8 Å². The number of hydrogen-bond acceptors (Lipinski definition) is 6. The number of aliphatic hydroxyl groups is 1. The molecule has 3 aliphatic rings. The van der Waals surface area contributed by atoms with Crippen molar-refractivity contribution in [3.05, 3.63) is 67.8 Å². The van der Waals surface area contributed by atoms with Crippen molar-refractivity contribution in [2.75, 3.05) is 31.2 Å². The topological polar surface area (TPSA) is 87.1 Å². The molecule has 3 aliphatic heterocycles. The fraction of sp³-hybridized carbons (Fsp3) is 0.452. The van der Waals surface area contributed by atoms with Gasteiger partial charge >= 0.3 is 5.97 Å². The molecule has 39 heavy (non-hydrogen) atoms. The van der Waals surface area contributed by atoms with Crippen LogP contribution in [-0.2, 0) is 19.1 Å². The third kappa shape index (κ3) is 4.47. The van der Waals surface area contributed by atoms with Crippen LogP contribution in [0.3, 0.4) is 0 Å². The monoisotopic (exact) mass is 548 g/mol. The summed E-state index contributed by atoms with van der Waals surface area (Å²) in [5.74, 6) is -2.14. The van der Waals surface area contributed by atoms with Crippen LogP contribution in [0.4, 0.5) is 5.69 Å². The number of allylic oxidation sites excluding steroid dienone is 1. The fourth-order valence-corrected chi connectivity index (χ4v) is 9.18. The van der Waals surface area contributed by atoms with Crippen LogP contribution in [0, 0.1) is 11.8 Å². The largest absolute Gasteiger partial charge is 0.465 e. The van der Waals surface area contributed by atoms with Crippen molar-refractivity contribution in [1.29, 1.82) is 0 Å². The summed E-state index contributed by atoms with van der Waals surface area (Å²) in [5.41, 5.74) is 0.719. The number of anilines is 1. The summed E-state index contributed by atoms with van der Waals surface area (Å²) >= 11 is 1.60. The Labute approximate surface area is 233 Å². The summed E-state index contributed by atoms with van der Waals surface area (Å²) in [6, 6.07) is 13.0. The fourth-order valence-electron chi connectivity index (χ4n) is 6.85. The highest BCUT2D eigenvalue weighted by Gasteiger charge is 2.77. The number of unbranched alkanes of at least 4 members (excludes halogenated alkanes) is 1. The maximum atomic E-state index is 14.5. The number of β-amino-alcohol motifs (C(OH)–C–C–N with tert-alkyl or cyclic N) is 1. The van der Waals surface area contributed by atoms with E-state index in [1.165, 1.54) is 4.90 Å². The van der Waals surface area contributed by atoms with Crippen molar-refractivity contribution < 1.29 is 24.2 Å². The number of amides is 2. The molecule has 5 rings (SSSR count). The van der Waals surface area contributed by atoms with Crippen molar-refractivity contribution >= 4 is 46.0 Å². The highest BCUT2D eigenvalue weighted by Crippen LogP contribution is 2.71. The van der Waals surface area contributed by atoms with Crippen molar-refractivity contribution in [2.45, 2.75) is 48.1 Å². The second kappa shape index (κ2) is 10.8. The van der Waals surface area contributed by atoms with Crippen LogP contribution in [0.5, 0.6) is 0 Å². The van der Waals surface area contributed by atoms with Crippen LogP contribution in [0.15, 0.2) is 67.8 Å². The molecule has 3 fully saturated rings. The van der Waals surface area contributed by atoms with Gasteiger partial charge in [-0.15, -0.1) is 24.9 Å². The van der Waals surface area contributed by atoms with E-state index in [4.69, 9.17) is 4.74 Å². The van der Waals surface area contributed by atoms with Crippen LogP contribution in [-0.4, -0.2) is 69.6 Å². The molecule has 1 N–H and O–H groups in total. The minimum absolute atomic E-state index is 0.0333. The average Bonchev–Trinajstić information content (AvgIpc) is 3.50. The first-order chi connectivity index (χ1) is 18.8. The van der Waals surface area contributed by atoms with E-state index in [1.54, 1.807) is 28.8 Å². The van der Waals surface area contributed by atoms with Crippen LogP contribution in [0.2, 0.25) is 0 Å². The van der Waals surface area contributed by atoms with E-state index < -0.39 is 27.4 Å². The number of hydrogen-bond donors (Lipinski definition) is 1. The van der Waals surface area contributed by atoms with Crippen LogP contribution in [0.1, 0.15) is 32.6 Å². The molecule has 5 atom stereocenters. The van der Waals surface area contributed by atoms with E-state index in [0.717, 1.165) is 22.9 Å². The molecule has 206 valence electrons. The van der Waals surface area contributed by atoms with Gasteiger partial charge in [0.15, 0.2) is 0 Å². The van der Waals surface area contributed by atoms with Gasteiger partial charge in [-0.05, 0) is 55.5 Å². The Hall–Kier alpha value is -3.10. The average molecular weight is 549 g/mol. The highest BCUT2D eigenvalue weighted by atomic mass is 32.2. The molecule has 2 bridgehead atoms. The van der Waals surface area contributed by atoms with Crippen LogP contribution >= 0.6 is 11.8 Å². The third-order valence-electron chi connectivity index (χ3n) is 8.52. The van der Waals surface area contributed by atoms with E-state index in [-0.39, 0.29) is 44.1 Å². The molecule has 1 spiro atoms. The molecule has 0 aromatic heterocycles. The van der Waals surface area contributed by atoms with Crippen LogP contribution in [0.25, 0.3) is 10.8 Å². The first-order valence-corrected chi connectivity index (χ1v) is 14.4. The molecule has 0 aliphatic carbocycles. The number of nitrogens with zero attached hydrogens (tertiary/aromatic N) is 2. The molecule has 2 amide bonds. The number of aliphatic hydroxyl groups excluding tert-OH is 1. The smallest absolute Gasteiger partial charge is 0.311 e. The predicted molar refractivity (Wildman–Crippen MR) is 154 cm³/mol. The van der Waals surface area contributed by atoms with Gasteiger partial charge in [0.1, 0.15) is 6.04 Å². The summed E-state index contributed by atoms with van der Waals surface area (Å²) in [5, 5.41) is 12.0. The maximum absolute atomic E-state index is 14.5. The van der Waals surface area contributed by atoms with Crippen molar-refractivity contribution in [1.82, 2.24) is 4.90 Å². The van der Waals surface area contributed by atoms with Gasteiger partial charge in [-0.2, -0.15) is 0 Å². The summed E-state index contributed by atoms with van der Waals surface area (Å²) < 4.78 is 4.40. The van der Waals surface area contributed by atoms with E-state index in [9.17, 15) is 19.5 Å². The zero-order valence-electron chi connectivity index (χ0n) is 22.4. The number of benzene rings is 2. The maximum Gasteiger partial charge on any atom is 0.311 e. The predicted octanol–water partition coefficient (Wildman–Crippen LogP) is 4.34. The molecular formula is C31H36N2O5S. The van der Waals surface area contributed by atoms with Crippen molar-refractivity contribution in [3.8, 4) is 0 Å². The van der Waals surface area contributed by atoms with Gasteiger partial charge < -0.3 is 19.6 Å². The lowest BCUT2D eigenvalue weighted by Gasteiger charge is -2.37. The van der Waals surface area contributed by atoms with E-state index in [2.05, 4.69) is 13.2 Å². The lowest BCUT2D eigenvalue weighted by Crippen LogP contribution is -2.55. The minimum Gasteiger partial charge on any atom is -0.465 e. The second-order valence-corrected chi connectivity index (χ2v) is 12.7. The summed E-state index contributed by atoms with van der Waals surface area (Å²) in [6.07, 6.45) is 6.23. The zero-order valence-corrected chi connectivity index (χ0v) is 23.2. The van der Waals surface area contributed by atoms with E-state index in [1.807, 2.05) is 49.4 Å². The molecule has 7 nitrogen and oxygen atoms in total. The normalized spacial score (nSPS) is 28.9. The lowest BCUT2D eigenvalue weighted by atomic mass is 9.66. The molecule has 3 heterocycles. The highest BCUT2D eigenvalue weighted by molar-refractivity contribution is 8.02. The minimum atomic E-state index is -0.807. The Bertz CT molecular complexity index is 1310.